The number of hydrogen-bond acceptors (Lipinski definition) is 1. The van der Waals surface area contributed by atoms with Crippen LogP contribution < -0.4 is 0 Å². The maximum atomic E-state index is 4.42. The average molecular weight is 185 g/mol. The standard InChI is InChI=1S/C13H15N/c1-9(2)13-10(3)8-14-12-7-5-4-6-11(12)13/h4-9H,1-3H3. The van der Waals surface area contributed by atoms with Gasteiger partial charge in [-0.1, -0.05) is 32.0 Å². The highest BCUT2D eigenvalue weighted by atomic mass is 14.7. The summed E-state index contributed by atoms with van der Waals surface area (Å²) in [5, 5.41) is 1.29. The normalized spacial score (nSPS) is 11.1. The Bertz CT molecular complexity index is 458. The summed E-state index contributed by atoms with van der Waals surface area (Å²) >= 11 is 0. The third-order valence-corrected chi connectivity index (χ3v) is 2.59. The van der Waals surface area contributed by atoms with Gasteiger partial charge in [0.2, 0.25) is 0 Å². The third kappa shape index (κ3) is 1.39. The van der Waals surface area contributed by atoms with E-state index in [1.165, 1.54) is 16.5 Å². The number of benzene rings is 1. The summed E-state index contributed by atoms with van der Waals surface area (Å²) in [6.07, 6.45) is 1.97. The van der Waals surface area contributed by atoms with Gasteiger partial charge in [0.05, 0.1) is 5.52 Å². The van der Waals surface area contributed by atoms with E-state index in [1.54, 1.807) is 0 Å². The molecule has 0 bridgehead atoms. The van der Waals surface area contributed by atoms with Gasteiger partial charge in [-0.3, -0.25) is 4.98 Å². The minimum atomic E-state index is 0.558. The molecule has 1 nitrogen and oxygen atoms in total. The molecule has 0 radical (unpaired) electrons. The van der Waals surface area contributed by atoms with Crippen LogP contribution in [0, 0.1) is 6.92 Å². The van der Waals surface area contributed by atoms with Gasteiger partial charge >= 0.3 is 0 Å². The van der Waals surface area contributed by atoms with Crippen molar-refractivity contribution >= 4 is 10.9 Å². The lowest BCUT2D eigenvalue weighted by Gasteiger charge is -2.12. The van der Waals surface area contributed by atoms with Crippen LogP contribution in [0.5, 0.6) is 0 Å². The molecule has 0 atom stereocenters. The molecular formula is C13H15N. The van der Waals surface area contributed by atoms with Crippen LogP contribution in [-0.4, -0.2) is 4.98 Å². The quantitative estimate of drug-likeness (QED) is 0.660. The number of fused-ring (bicyclic) bond motifs is 1. The molecule has 0 aliphatic carbocycles. The summed E-state index contributed by atoms with van der Waals surface area (Å²) in [5.41, 5.74) is 3.82. The summed E-state index contributed by atoms with van der Waals surface area (Å²) in [4.78, 5) is 4.42. The minimum absolute atomic E-state index is 0.558. The van der Waals surface area contributed by atoms with Gasteiger partial charge in [-0.05, 0) is 30.0 Å². The Morgan fingerprint density at radius 2 is 1.86 bits per heavy atom. The lowest BCUT2D eigenvalue weighted by atomic mass is 9.95. The van der Waals surface area contributed by atoms with Crippen LogP contribution in [0.3, 0.4) is 0 Å². The smallest absolute Gasteiger partial charge is 0.0705 e. The molecule has 0 fully saturated rings. The van der Waals surface area contributed by atoms with Crippen LogP contribution in [0.2, 0.25) is 0 Å². The van der Waals surface area contributed by atoms with Crippen molar-refractivity contribution in [2.45, 2.75) is 26.7 Å². The molecule has 0 saturated heterocycles. The lowest BCUT2D eigenvalue weighted by Crippen LogP contribution is -1.95. The summed E-state index contributed by atoms with van der Waals surface area (Å²) < 4.78 is 0. The van der Waals surface area contributed by atoms with Crippen molar-refractivity contribution in [3.05, 3.63) is 41.6 Å². The summed E-state index contributed by atoms with van der Waals surface area (Å²) in [7, 11) is 0. The van der Waals surface area contributed by atoms with E-state index in [2.05, 4.69) is 44.0 Å². The number of nitrogens with zero attached hydrogens (tertiary/aromatic N) is 1. The highest BCUT2D eigenvalue weighted by molar-refractivity contribution is 5.83. The topological polar surface area (TPSA) is 12.9 Å². The SMILES string of the molecule is Cc1cnc2ccccc2c1C(C)C. The molecule has 0 saturated carbocycles. The van der Waals surface area contributed by atoms with Crippen LogP contribution in [0.4, 0.5) is 0 Å². The molecule has 0 N–H and O–H groups in total. The monoisotopic (exact) mass is 185 g/mol. The predicted octanol–water partition coefficient (Wildman–Crippen LogP) is 3.67. The molecule has 1 heterocycles. The van der Waals surface area contributed by atoms with Gasteiger partial charge in [-0.25, -0.2) is 0 Å². The van der Waals surface area contributed by atoms with Crippen LogP contribution in [0.25, 0.3) is 10.9 Å². The zero-order valence-corrected chi connectivity index (χ0v) is 8.91. The number of rotatable bonds is 1. The molecule has 1 aromatic carbocycles. The van der Waals surface area contributed by atoms with Crippen molar-refractivity contribution in [3.63, 3.8) is 0 Å². The van der Waals surface area contributed by atoms with Gasteiger partial charge in [0.1, 0.15) is 0 Å². The van der Waals surface area contributed by atoms with Crippen molar-refractivity contribution in [1.82, 2.24) is 4.98 Å². The second-order valence-electron chi connectivity index (χ2n) is 4.03. The number of para-hydroxylation sites is 1. The Hall–Kier alpha value is -1.37. The molecule has 0 aliphatic heterocycles. The molecule has 0 unspecified atom stereocenters. The Morgan fingerprint density at radius 3 is 2.57 bits per heavy atom. The molecule has 0 spiro atoms. The maximum Gasteiger partial charge on any atom is 0.0705 e. The van der Waals surface area contributed by atoms with Crippen LogP contribution in [0.15, 0.2) is 30.5 Å². The number of aromatic nitrogens is 1. The summed E-state index contributed by atoms with van der Waals surface area (Å²) in [6.45, 7) is 6.60. The molecule has 1 aromatic heterocycles. The van der Waals surface area contributed by atoms with E-state index in [-0.39, 0.29) is 0 Å². The number of pyridine rings is 1. The van der Waals surface area contributed by atoms with Gasteiger partial charge in [0.25, 0.3) is 0 Å². The van der Waals surface area contributed by atoms with Gasteiger partial charge in [-0.2, -0.15) is 0 Å². The molecule has 14 heavy (non-hydrogen) atoms. The maximum absolute atomic E-state index is 4.42. The first-order chi connectivity index (χ1) is 6.70. The lowest BCUT2D eigenvalue weighted by molar-refractivity contribution is 0.864. The highest BCUT2D eigenvalue weighted by Crippen LogP contribution is 2.26. The summed E-state index contributed by atoms with van der Waals surface area (Å²) in [5.74, 6) is 0.558. The fourth-order valence-corrected chi connectivity index (χ4v) is 2.03. The molecular weight excluding hydrogens is 170 g/mol. The van der Waals surface area contributed by atoms with E-state index >= 15 is 0 Å². The summed E-state index contributed by atoms with van der Waals surface area (Å²) in [6, 6.07) is 8.34. The molecule has 2 rings (SSSR count). The largest absolute Gasteiger partial charge is 0.256 e. The Labute approximate surface area is 84.8 Å². The van der Waals surface area contributed by atoms with Crippen LogP contribution in [0.1, 0.15) is 30.9 Å². The number of hydrogen-bond donors (Lipinski definition) is 0. The second-order valence-corrected chi connectivity index (χ2v) is 4.03. The van der Waals surface area contributed by atoms with E-state index in [1.807, 2.05) is 12.3 Å². The van der Waals surface area contributed by atoms with Gasteiger partial charge < -0.3 is 0 Å². The first-order valence-corrected chi connectivity index (χ1v) is 5.04. The van der Waals surface area contributed by atoms with E-state index < -0.39 is 0 Å². The first-order valence-electron chi connectivity index (χ1n) is 5.04. The first kappa shape index (κ1) is 9.20. The molecule has 1 heteroatoms. The predicted molar refractivity (Wildman–Crippen MR) is 60.6 cm³/mol. The third-order valence-electron chi connectivity index (χ3n) is 2.59. The van der Waals surface area contributed by atoms with Crippen LogP contribution >= 0.6 is 0 Å². The minimum Gasteiger partial charge on any atom is -0.256 e. The molecule has 72 valence electrons. The Kier molecular flexibility index (Phi) is 2.24. The molecule has 2 aromatic rings. The van der Waals surface area contributed by atoms with E-state index in [9.17, 15) is 0 Å². The average Bonchev–Trinajstić information content (AvgIpc) is 2.17. The Balaban J connectivity index is 2.83. The van der Waals surface area contributed by atoms with E-state index in [0.717, 1.165) is 5.52 Å². The zero-order chi connectivity index (χ0) is 10.1. The van der Waals surface area contributed by atoms with E-state index in [0.29, 0.717) is 5.92 Å². The van der Waals surface area contributed by atoms with Crippen molar-refractivity contribution in [2.75, 3.05) is 0 Å². The van der Waals surface area contributed by atoms with Crippen molar-refractivity contribution < 1.29 is 0 Å². The number of aryl methyl sites for hydroxylation is 1. The van der Waals surface area contributed by atoms with Gasteiger partial charge in [0.15, 0.2) is 0 Å². The molecule has 0 amide bonds. The zero-order valence-electron chi connectivity index (χ0n) is 8.91. The fraction of sp³-hybridized carbons (Fsp3) is 0.308. The second kappa shape index (κ2) is 3.41. The van der Waals surface area contributed by atoms with Crippen molar-refractivity contribution in [3.8, 4) is 0 Å². The van der Waals surface area contributed by atoms with E-state index in [4.69, 9.17) is 0 Å². The van der Waals surface area contributed by atoms with Gasteiger partial charge in [-0.15, -0.1) is 0 Å². The Morgan fingerprint density at radius 1 is 1.14 bits per heavy atom. The highest BCUT2D eigenvalue weighted by Gasteiger charge is 2.08. The molecule has 0 aliphatic rings. The van der Waals surface area contributed by atoms with Gasteiger partial charge in [0, 0.05) is 11.6 Å². The fourth-order valence-electron chi connectivity index (χ4n) is 2.03. The van der Waals surface area contributed by atoms with Crippen LogP contribution in [-0.2, 0) is 0 Å². The van der Waals surface area contributed by atoms with Crippen molar-refractivity contribution in [1.29, 1.82) is 0 Å². The van der Waals surface area contributed by atoms with Crippen molar-refractivity contribution in [2.24, 2.45) is 0 Å².